The van der Waals surface area contributed by atoms with Crippen molar-refractivity contribution in [2.24, 2.45) is 0 Å². The second kappa shape index (κ2) is 9.00. The number of rotatable bonds is 7. The largest absolute Gasteiger partial charge is 0.482 e. The van der Waals surface area contributed by atoms with E-state index in [4.69, 9.17) is 9.84 Å². The van der Waals surface area contributed by atoms with Gasteiger partial charge in [0.2, 0.25) is 0 Å². The number of carboxylic acid groups (broad SMARTS) is 1. The molecule has 3 aromatic rings. The molecule has 158 valence electrons. The summed E-state index contributed by atoms with van der Waals surface area (Å²) in [5, 5.41) is 17.6. The minimum Gasteiger partial charge on any atom is -0.482 e. The Balaban J connectivity index is 1.66. The van der Waals surface area contributed by atoms with Gasteiger partial charge in [0, 0.05) is 10.5 Å². The highest BCUT2D eigenvalue weighted by Crippen LogP contribution is 2.35. The van der Waals surface area contributed by atoms with Gasteiger partial charge >= 0.3 is 12.1 Å². The molecule has 11 heteroatoms. The van der Waals surface area contributed by atoms with Crippen LogP contribution in [0.4, 0.5) is 17.6 Å². The number of hydrogen-bond acceptors (Lipinski definition) is 6. The Morgan fingerprint density at radius 2 is 1.97 bits per heavy atom. The first-order valence-electron chi connectivity index (χ1n) is 8.41. The Kier molecular flexibility index (Phi) is 6.61. The lowest BCUT2D eigenvalue weighted by molar-refractivity contribution is -0.140. The van der Waals surface area contributed by atoms with E-state index < -0.39 is 30.1 Å². The van der Waals surface area contributed by atoms with Crippen molar-refractivity contribution in [3.8, 4) is 16.3 Å². The zero-order valence-corrected chi connectivity index (χ0v) is 17.0. The summed E-state index contributed by atoms with van der Waals surface area (Å²) in [4.78, 5) is 11.5. The fourth-order valence-corrected chi connectivity index (χ4v) is 4.28. The Hall–Kier alpha value is -2.66. The van der Waals surface area contributed by atoms with Gasteiger partial charge in [-0.2, -0.15) is 13.2 Å². The number of aliphatic carboxylic acids is 1. The van der Waals surface area contributed by atoms with E-state index in [1.54, 1.807) is 19.1 Å². The number of carboxylic acids is 1. The minimum atomic E-state index is -4.75. The van der Waals surface area contributed by atoms with Crippen LogP contribution in [0.3, 0.4) is 0 Å². The summed E-state index contributed by atoms with van der Waals surface area (Å²) in [5.41, 5.74) is -0.317. The zero-order valence-electron chi connectivity index (χ0n) is 15.4. The molecule has 0 bridgehead atoms. The van der Waals surface area contributed by atoms with Gasteiger partial charge in [0.1, 0.15) is 21.6 Å². The van der Waals surface area contributed by atoms with E-state index in [2.05, 4.69) is 10.2 Å². The molecule has 1 heterocycles. The standard InChI is InChI=1S/C19H14F4N2O3S2/c1-10-6-12(3-5-15(10)28-8-17(26)27)29-9-16-24-25-18(30-16)11-2-4-13(14(20)7-11)19(21,22)23/h2-7H,8-9H2,1H3,(H,26,27). The molecular formula is C19H14F4N2O3S2. The average molecular weight is 458 g/mol. The number of aromatic nitrogens is 2. The number of alkyl halides is 3. The Morgan fingerprint density at radius 1 is 1.20 bits per heavy atom. The Morgan fingerprint density at radius 3 is 2.60 bits per heavy atom. The normalized spacial score (nSPS) is 11.5. The lowest BCUT2D eigenvalue weighted by atomic mass is 10.1. The molecule has 3 rings (SSSR count). The molecule has 0 unspecified atom stereocenters. The van der Waals surface area contributed by atoms with Crippen molar-refractivity contribution < 1.29 is 32.2 Å². The predicted molar refractivity (Wildman–Crippen MR) is 104 cm³/mol. The number of aryl methyl sites for hydroxylation is 1. The molecule has 0 saturated heterocycles. The third-order valence-corrected chi connectivity index (χ3v) is 6.01. The van der Waals surface area contributed by atoms with Crippen molar-refractivity contribution in [1.29, 1.82) is 0 Å². The smallest absolute Gasteiger partial charge is 0.419 e. The SMILES string of the molecule is Cc1cc(SCc2nnc(-c3ccc(C(F)(F)F)c(F)c3)s2)ccc1OCC(=O)O. The molecule has 0 spiro atoms. The van der Waals surface area contributed by atoms with Gasteiger partial charge in [-0.25, -0.2) is 9.18 Å². The topological polar surface area (TPSA) is 72.3 Å². The fraction of sp³-hybridized carbons (Fsp3) is 0.211. The number of halogens is 4. The zero-order chi connectivity index (χ0) is 21.9. The van der Waals surface area contributed by atoms with Crippen molar-refractivity contribution in [2.45, 2.75) is 23.7 Å². The van der Waals surface area contributed by atoms with E-state index in [-0.39, 0.29) is 5.56 Å². The molecule has 0 aliphatic rings. The monoisotopic (exact) mass is 458 g/mol. The predicted octanol–water partition coefficient (Wildman–Crippen LogP) is 5.43. The first-order valence-corrected chi connectivity index (χ1v) is 10.2. The van der Waals surface area contributed by atoms with E-state index in [0.717, 1.165) is 16.5 Å². The molecule has 0 radical (unpaired) electrons. The van der Waals surface area contributed by atoms with Gasteiger partial charge in [-0.15, -0.1) is 22.0 Å². The lowest BCUT2D eigenvalue weighted by Crippen LogP contribution is -2.09. The van der Waals surface area contributed by atoms with Crippen LogP contribution >= 0.6 is 23.1 Å². The summed E-state index contributed by atoms with van der Waals surface area (Å²) >= 11 is 2.62. The summed E-state index contributed by atoms with van der Waals surface area (Å²) in [7, 11) is 0. The Bertz CT molecular complexity index is 1070. The summed E-state index contributed by atoms with van der Waals surface area (Å²) in [5.74, 6) is -1.49. The minimum absolute atomic E-state index is 0.227. The molecule has 5 nitrogen and oxygen atoms in total. The van der Waals surface area contributed by atoms with Crippen LogP contribution in [0.5, 0.6) is 5.75 Å². The summed E-state index contributed by atoms with van der Waals surface area (Å²) in [6.07, 6.45) is -4.75. The highest BCUT2D eigenvalue weighted by Gasteiger charge is 2.34. The van der Waals surface area contributed by atoms with Crippen LogP contribution in [0.15, 0.2) is 41.3 Å². The number of benzene rings is 2. The third kappa shape index (κ3) is 5.48. The van der Waals surface area contributed by atoms with E-state index in [1.165, 1.54) is 29.2 Å². The maximum absolute atomic E-state index is 13.8. The second-order valence-corrected chi connectivity index (χ2v) is 8.20. The first-order chi connectivity index (χ1) is 14.1. The van der Waals surface area contributed by atoms with Crippen LogP contribution < -0.4 is 4.74 Å². The van der Waals surface area contributed by atoms with Crippen molar-refractivity contribution in [3.63, 3.8) is 0 Å². The van der Waals surface area contributed by atoms with Crippen LogP contribution in [0.1, 0.15) is 16.1 Å². The molecule has 30 heavy (non-hydrogen) atoms. The summed E-state index contributed by atoms with van der Waals surface area (Å²) < 4.78 is 57.0. The fourth-order valence-electron chi connectivity index (χ4n) is 2.46. The molecule has 1 N–H and O–H groups in total. The van der Waals surface area contributed by atoms with Gasteiger partial charge in [0.15, 0.2) is 6.61 Å². The van der Waals surface area contributed by atoms with Crippen LogP contribution in [-0.4, -0.2) is 27.9 Å². The maximum atomic E-state index is 13.8. The van der Waals surface area contributed by atoms with Gasteiger partial charge in [-0.1, -0.05) is 17.4 Å². The molecule has 0 aliphatic heterocycles. The first kappa shape index (κ1) is 22.0. The molecule has 0 fully saturated rings. The van der Waals surface area contributed by atoms with E-state index >= 15 is 0 Å². The third-order valence-electron chi connectivity index (χ3n) is 3.85. The molecule has 2 aromatic carbocycles. The molecular weight excluding hydrogens is 444 g/mol. The molecule has 0 amide bonds. The van der Waals surface area contributed by atoms with Crippen molar-refractivity contribution >= 4 is 29.1 Å². The molecule has 0 atom stereocenters. The van der Waals surface area contributed by atoms with Gasteiger partial charge in [0.25, 0.3) is 0 Å². The average Bonchev–Trinajstić information content (AvgIpc) is 3.13. The van der Waals surface area contributed by atoms with E-state index in [1.807, 2.05) is 6.07 Å². The number of carbonyl (C=O) groups is 1. The molecule has 1 aromatic heterocycles. The van der Waals surface area contributed by atoms with E-state index in [9.17, 15) is 22.4 Å². The van der Waals surface area contributed by atoms with Crippen LogP contribution in [0.2, 0.25) is 0 Å². The Labute approximate surface area is 176 Å². The van der Waals surface area contributed by atoms with Crippen LogP contribution in [-0.2, 0) is 16.7 Å². The number of nitrogens with zero attached hydrogens (tertiary/aromatic N) is 2. The van der Waals surface area contributed by atoms with Gasteiger partial charge in [-0.05, 0) is 42.8 Å². The quantitative estimate of drug-likeness (QED) is 0.376. The molecule has 0 aliphatic carbocycles. The van der Waals surface area contributed by atoms with Crippen molar-refractivity contribution in [2.75, 3.05) is 6.61 Å². The number of hydrogen-bond donors (Lipinski definition) is 1. The summed E-state index contributed by atoms with van der Waals surface area (Å²) in [6, 6.07) is 7.97. The number of ether oxygens (including phenoxy) is 1. The maximum Gasteiger partial charge on any atom is 0.419 e. The van der Waals surface area contributed by atoms with Gasteiger partial charge < -0.3 is 9.84 Å². The van der Waals surface area contributed by atoms with Crippen LogP contribution in [0, 0.1) is 12.7 Å². The highest BCUT2D eigenvalue weighted by atomic mass is 32.2. The lowest BCUT2D eigenvalue weighted by Gasteiger charge is -2.08. The van der Waals surface area contributed by atoms with Crippen molar-refractivity contribution in [3.05, 3.63) is 58.3 Å². The van der Waals surface area contributed by atoms with Crippen molar-refractivity contribution in [1.82, 2.24) is 10.2 Å². The molecule has 0 saturated carbocycles. The van der Waals surface area contributed by atoms with Crippen LogP contribution in [0.25, 0.3) is 10.6 Å². The van der Waals surface area contributed by atoms with E-state index in [0.29, 0.717) is 27.6 Å². The number of thioether (sulfide) groups is 1. The van der Waals surface area contributed by atoms with Gasteiger partial charge in [-0.3, -0.25) is 0 Å². The highest BCUT2D eigenvalue weighted by molar-refractivity contribution is 7.98. The second-order valence-electron chi connectivity index (χ2n) is 6.09. The summed E-state index contributed by atoms with van der Waals surface area (Å²) in [6.45, 7) is 1.37. The van der Waals surface area contributed by atoms with Gasteiger partial charge in [0.05, 0.1) is 11.3 Å².